The molecule has 0 saturated heterocycles. The lowest BCUT2D eigenvalue weighted by molar-refractivity contribution is 0.711. The molecule has 0 atom stereocenters. The van der Waals surface area contributed by atoms with Crippen LogP contribution in [0.2, 0.25) is 5.02 Å². The third kappa shape index (κ3) is 2.41. The van der Waals surface area contributed by atoms with Crippen LogP contribution in [0.4, 0.5) is 0 Å². The summed E-state index contributed by atoms with van der Waals surface area (Å²) in [6, 6.07) is 19.4. The van der Waals surface area contributed by atoms with Gasteiger partial charge in [-0.05, 0) is 65.5 Å². The lowest BCUT2D eigenvalue weighted by Gasteiger charge is -2.15. The summed E-state index contributed by atoms with van der Waals surface area (Å²) < 4.78 is 0. The van der Waals surface area contributed by atoms with E-state index in [1.165, 1.54) is 33.0 Å². The predicted molar refractivity (Wildman–Crippen MR) is 94.7 cm³/mol. The first kappa shape index (κ1) is 13.8. The van der Waals surface area contributed by atoms with Gasteiger partial charge in [0.1, 0.15) is 0 Å². The summed E-state index contributed by atoms with van der Waals surface area (Å²) >= 11 is 6.58. The third-order valence-corrected chi connectivity index (χ3v) is 4.84. The van der Waals surface area contributed by atoms with Gasteiger partial charge in [0.25, 0.3) is 0 Å². The summed E-state index contributed by atoms with van der Waals surface area (Å²) in [4.78, 5) is 0. The van der Waals surface area contributed by atoms with Crippen LogP contribution in [0.5, 0.6) is 0 Å². The first-order chi connectivity index (χ1) is 10.8. The third-order valence-electron chi connectivity index (χ3n) is 4.52. The SMILES string of the molecule is Clc1ccc2c(c1-c1ccc3ccccc3c1)CCNCC2. The van der Waals surface area contributed by atoms with Crippen LogP contribution in [0.3, 0.4) is 0 Å². The van der Waals surface area contributed by atoms with E-state index in [4.69, 9.17) is 11.6 Å². The van der Waals surface area contributed by atoms with Gasteiger partial charge in [-0.1, -0.05) is 54.1 Å². The average Bonchev–Trinajstić information content (AvgIpc) is 2.80. The maximum Gasteiger partial charge on any atom is 0.0487 e. The molecule has 110 valence electrons. The molecule has 1 aliphatic heterocycles. The maximum absolute atomic E-state index is 6.58. The molecular formula is C20H18ClN. The van der Waals surface area contributed by atoms with Crippen molar-refractivity contribution in [2.24, 2.45) is 0 Å². The fraction of sp³-hybridized carbons (Fsp3) is 0.200. The van der Waals surface area contributed by atoms with E-state index in [1.54, 1.807) is 0 Å². The summed E-state index contributed by atoms with van der Waals surface area (Å²) in [5.74, 6) is 0. The molecule has 0 amide bonds. The standard InChI is InChI=1S/C20H18ClN/c21-19-8-7-15-9-11-22-12-10-18(15)20(19)17-6-5-14-3-1-2-4-16(14)13-17/h1-8,13,22H,9-12H2. The Bertz CT molecular complexity index is 838. The Morgan fingerprint density at radius 1 is 0.818 bits per heavy atom. The lowest BCUT2D eigenvalue weighted by Crippen LogP contribution is -2.16. The topological polar surface area (TPSA) is 12.0 Å². The molecule has 3 aromatic carbocycles. The normalized spacial score (nSPS) is 14.6. The highest BCUT2D eigenvalue weighted by Crippen LogP contribution is 2.36. The Morgan fingerprint density at radius 3 is 2.55 bits per heavy atom. The molecule has 1 aliphatic rings. The molecule has 1 N–H and O–H groups in total. The number of fused-ring (bicyclic) bond motifs is 2. The first-order valence-corrected chi connectivity index (χ1v) is 8.21. The van der Waals surface area contributed by atoms with Gasteiger partial charge in [-0.3, -0.25) is 0 Å². The molecule has 0 aromatic heterocycles. The van der Waals surface area contributed by atoms with Gasteiger partial charge in [0, 0.05) is 10.6 Å². The quantitative estimate of drug-likeness (QED) is 0.678. The summed E-state index contributed by atoms with van der Waals surface area (Å²) in [6.45, 7) is 2.07. The van der Waals surface area contributed by atoms with Crippen LogP contribution in [0.25, 0.3) is 21.9 Å². The molecule has 1 heterocycles. The van der Waals surface area contributed by atoms with Gasteiger partial charge in [-0.25, -0.2) is 0 Å². The van der Waals surface area contributed by atoms with Crippen LogP contribution < -0.4 is 5.32 Å². The molecule has 0 radical (unpaired) electrons. The molecule has 0 spiro atoms. The zero-order valence-corrected chi connectivity index (χ0v) is 13.2. The summed E-state index contributed by atoms with van der Waals surface area (Å²) in [5.41, 5.74) is 5.28. The Labute approximate surface area is 135 Å². The fourth-order valence-corrected chi connectivity index (χ4v) is 3.69. The smallest absolute Gasteiger partial charge is 0.0487 e. The Morgan fingerprint density at radius 2 is 1.64 bits per heavy atom. The monoisotopic (exact) mass is 307 g/mol. The van der Waals surface area contributed by atoms with Crippen molar-refractivity contribution in [3.05, 3.63) is 70.7 Å². The fourth-order valence-electron chi connectivity index (χ4n) is 3.40. The van der Waals surface area contributed by atoms with E-state index in [0.717, 1.165) is 31.0 Å². The van der Waals surface area contributed by atoms with Gasteiger partial charge >= 0.3 is 0 Å². The van der Waals surface area contributed by atoms with E-state index < -0.39 is 0 Å². The van der Waals surface area contributed by atoms with E-state index in [9.17, 15) is 0 Å². The van der Waals surface area contributed by atoms with E-state index in [-0.39, 0.29) is 0 Å². The molecule has 0 bridgehead atoms. The maximum atomic E-state index is 6.58. The van der Waals surface area contributed by atoms with Gasteiger partial charge in [0.05, 0.1) is 0 Å². The second-order valence-corrected chi connectivity index (χ2v) is 6.28. The van der Waals surface area contributed by atoms with E-state index in [1.807, 2.05) is 0 Å². The zero-order chi connectivity index (χ0) is 14.9. The van der Waals surface area contributed by atoms with Gasteiger partial charge in [-0.15, -0.1) is 0 Å². The molecule has 4 rings (SSSR count). The van der Waals surface area contributed by atoms with E-state index in [2.05, 4.69) is 59.9 Å². The van der Waals surface area contributed by atoms with Crippen LogP contribution in [-0.4, -0.2) is 13.1 Å². The largest absolute Gasteiger partial charge is 0.316 e. The number of rotatable bonds is 1. The minimum Gasteiger partial charge on any atom is -0.316 e. The van der Waals surface area contributed by atoms with Crippen molar-refractivity contribution in [2.45, 2.75) is 12.8 Å². The highest BCUT2D eigenvalue weighted by molar-refractivity contribution is 6.33. The van der Waals surface area contributed by atoms with Crippen LogP contribution in [-0.2, 0) is 12.8 Å². The zero-order valence-electron chi connectivity index (χ0n) is 12.4. The Balaban J connectivity index is 1.93. The Kier molecular flexibility index (Phi) is 3.61. The minimum atomic E-state index is 0.857. The minimum absolute atomic E-state index is 0.857. The van der Waals surface area contributed by atoms with Crippen molar-refractivity contribution in [2.75, 3.05) is 13.1 Å². The van der Waals surface area contributed by atoms with Crippen LogP contribution in [0, 0.1) is 0 Å². The van der Waals surface area contributed by atoms with E-state index in [0.29, 0.717) is 0 Å². The molecule has 0 unspecified atom stereocenters. The molecular weight excluding hydrogens is 290 g/mol. The molecule has 2 heteroatoms. The van der Waals surface area contributed by atoms with Gasteiger partial charge in [0.15, 0.2) is 0 Å². The van der Waals surface area contributed by atoms with Gasteiger partial charge in [0.2, 0.25) is 0 Å². The number of hydrogen-bond donors (Lipinski definition) is 1. The highest BCUT2D eigenvalue weighted by atomic mass is 35.5. The summed E-state index contributed by atoms with van der Waals surface area (Å²) in [5, 5.41) is 6.87. The number of nitrogens with one attached hydrogen (secondary N) is 1. The van der Waals surface area contributed by atoms with Crippen LogP contribution in [0.1, 0.15) is 11.1 Å². The summed E-state index contributed by atoms with van der Waals surface area (Å²) in [6.07, 6.45) is 2.12. The predicted octanol–water partition coefficient (Wildman–Crippen LogP) is 4.85. The van der Waals surface area contributed by atoms with Crippen molar-refractivity contribution in [3.63, 3.8) is 0 Å². The first-order valence-electron chi connectivity index (χ1n) is 7.83. The molecule has 0 saturated carbocycles. The second-order valence-electron chi connectivity index (χ2n) is 5.87. The van der Waals surface area contributed by atoms with Crippen molar-refractivity contribution in [3.8, 4) is 11.1 Å². The number of halogens is 1. The van der Waals surface area contributed by atoms with Gasteiger partial charge in [-0.2, -0.15) is 0 Å². The molecule has 0 aliphatic carbocycles. The van der Waals surface area contributed by atoms with Crippen LogP contribution >= 0.6 is 11.6 Å². The lowest BCUT2D eigenvalue weighted by atomic mass is 9.91. The number of benzene rings is 3. The van der Waals surface area contributed by atoms with Crippen LogP contribution in [0.15, 0.2) is 54.6 Å². The molecule has 3 aromatic rings. The van der Waals surface area contributed by atoms with Crippen molar-refractivity contribution in [1.82, 2.24) is 5.32 Å². The molecule has 0 fully saturated rings. The highest BCUT2D eigenvalue weighted by Gasteiger charge is 2.16. The number of hydrogen-bond acceptors (Lipinski definition) is 1. The average molecular weight is 308 g/mol. The van der Waals surface area contributed by atoms with Gasteiger partial charge < -0.3 is 5.32 Å². The van der Waals surface area contributed by atoms with Crippen molar-refractivity contribution >= 4 is 22.4 Å². The summed E-state index contributed by atoms with van der Waals surface area (Å²) in [7, 11) is 0. The Hall–Kier alpha value is -1.83. The van der Waals surface area contributed by atoms with Crippen molar-refractivity contribution in [1.29, 1.82) is 0 Å². The van der Waals surface area contributed by atoms with E-state index >= 15 is 0 Å². The van der Waals surface area contributed by atoms with Crippen molar-refractivity contribution < 1.29 is 0 Å². The second kappa shape index (κ2) is 5.75. The molecule has 1 nitrogen and oxygen atoms in total. The molecule has 22 heavy (non-hydrogen) atoms.